The zero-order valence-electron chi connectivity index (χ0n) is 17.3. The van der Waals surface area contributed by atoms with Gasteiger partial charge >= 0.3 is 0 Å². The molecule has 0 amide bonds. The van der Waals surface area contributed by atoms with E-state index in [1.165, 1.54) is 22.5 Å². The van der Waals surface area contributed by atoms with E-state index >= 15 is 0 Å². The number of nitrogens with zero attached hydrogens (tertiary/aromatic N) is 4. The molecule has 12 nitrogen and oxygen atoms in total. The Balaban J connectivity index is 1.72. The fraction of sp³-hybridized carbons (Fsp3) is 0.471. The maximum absolute atomic E-state index is 13.4. The van der Waals surface area contributed by atoms with Crippen LogP contribution in [0.5, 0.6) is 0 Å². The van der Waals surface area contributed by atoms with E-state index in [4.69, 9.17) is 10.4 Å². The topological polar surface area (TPSA) is 171 Å². The van der Waals surface area contributed by atoms with Gasteiger partial charge in [0.15, 0.2) is 11.5 Å². The molecule has 2 heterocycles. The van der Waals surface area contributed by atoms with Crippen LogP contribution in [0.2, 0.25) is 0 Å². The summed E-state index contributed by atoms with van der Waals surface area (Å²) < 4.78 is 47.0. The monoisotopic (exact) mass is 534 g/mol. The molecule has 1 atom stereocenters. The van der Waals surface area contributed by atoms with Gasteiger partial charge in [0.1, 0.15) is 5.82 Å². The van der Waals surface area contributed by atoms with Crippen LogP contribution in [0.4, 0.5) is 15.9 Å². The molecule has 2 aromatic rings. The van der Waals surface area contributed by atoms with Crippen LogP contribution in [0.15, 0.2) is 32.3 Å². The number of benzene rings is 1. The van der Waals surface area contributed by atoms with Gasteiger partial charge in [0.25, 0.3) is 10.2 Å². The first-order chi connectivity index (χ1) is 15.0. The van der Waals surface area contributed by atoms with Crippen molar-refractivity contribution >= 4 is 43.5 Å². The minimum absolute atomic E-state index is 0.0560. The number of hydrogen-bond donors (Lipinski definition) is 5. The number of aromatic nitrogens is 2. The molecule has 0 unspecified atom stereocenters. The predicted molar refractivity (Wildman–Crippen MR) is 118 cm³/mol. The minimum atomic E-state index is -3.63. The Kier molecular flexibility index (Phi) is 7.46. The summed E-state index contributed by atoms with van der Waals surface area (Å²) in [6.07, 6.45) is 0.419. The van der Waals surface area contributed by atoms with E-state index in [9.17, 15) is 18.0 Å². The Morgan fingerprint density at radius 2 is 2.22 bits per heavy atom. The number of hydrogen-bond acceptors (Lipinski definition) is 9. The van der Waals surface area contributed by atoms with Gasteiger partial charge in [-0.3, -0.25) is 10.7 Å². The van der Waals surface area contributed by atoms with Crippen molar-refractivity contribution in [1.29, 1.82) is 0 Å². The zero-order valence-corrected chi connectivity index (χ0v) is 19.7. The normalized spacial score (nSPS) is 20.2. The van der Waals surface area contributed by atoms with Crippen LogP contribution in [0.3, 0.4) is 0 Å². The summed E-state index contributed by atoms with van der Waals surface area (Å²) in [6, 6.07) is 3.80. The molecule has 0 bridgehead atoms. The molecule has 3 rings (SSSR count). The van der Waals surface area contributed by atoms with Gasteiger partial charge < -0.3 is 11.1 Å². The van der Waals surface area contributed by atoms with Crippen molar-refractivity contribution in [2.75, 3.05) is 25.0 Å². The highest BCUT2D eigenvalue weighted by atomic mass is 79.9. The molecule has 1 fully saturated rings. The van der Waals surface area contributed by atoms with Crippen molar-refractivity contribution in [3.63, 3.8) is 0 Å². The van der Waals surface area contributed by atoms with Gasteiger partial charge in [0, 0.05) is 31.2 Å². The molecular formula is C17H24BrFN8O4S. The first kappa shape index (κ1) is 24.5. The van der Waals surface area contributed by atoms with Gasteiger partial charge in [-0.05, 0) is 64.7 Å². The zero-order chi connectivity index (χ0) is 23.5. The maximum atomic E-state index is 13.4. The number of rotatable bonds is 8. The second kappa shape index (κ2) is 9.76. The molecule has 15 heteroatoms. The van der Waals surface area contributed by atoms with Crippen molar-refractivity contribution in [3.05, 3.63) is 34.2 Å². The van der Waals surface area contributed by atoms with Crippen molar-refractivity contribution in [3.8, 4) is 0 Å². The van der Waals surface area contributed by atoms with E-state index in [1.807, 2.05) is 5.48 Å². The molecule has 0 spiro atoms. The average molecular weight is 535 g/mol. The molecule has 1 aliphatic rings. The van der Waals surface area contributed by atoms with Crippen molar-refractivity contribution in [2.24, 2.45) is 10.7 Å². The fourth-order valence-electron chi connectivity index (χ4n) is 3.11. The quantitative estimate of drug-likeness (QED) is 0.189. The van der Waals surface area contributed by atoms with E-state index in [0.29, 0.717) is 12.1 Å². The molecule has 0 radical (unpaired) electrons. The molecule has 0 aliphatic carbocycles. The molecule has 1 aromatic carbocycles. The summed E-state index contributed by atoms with van der Waals surface area (Å²) in [5.41, 5.74) is 7.83. The van der Waals surface area contributed by atoms with E-state index in [-0.39, 0.29) is 47.5 Å². The van der Waals surface area contributed by atoms with E-state index in [0.717, 1.165) is 0 Å². The van der Waals surface area contributed by atoms with Gasteiger partial charge in [-0.15, -0.1) is 0 Å². The lowest BCUT2D eigenvalue weighted by atomic mass is 10.0. The Morgan fingerprint density at radius 3 is 2.88 bits per heavy atom. The molecule has 1 aliphatic heterocycles. The van der Waals surface area contributed by atoms with Crippen LogP contribution in [0, 0.1) is 5.82 Å². The average Bonchev–Trinajstić information content (AvgIpc) is 3.34. The number of hydroxylamine groups is 1. The maximum Gasteiger partial charge on any atom is 0.279 e. The van der Waals surface area contributed by atoms with E-state index < -0.39 is 21.6 Å². The molecular weight excluding hydrogens is 511 g/mol. The number of anilines is 1. The molecule has 1 saturated heterocycles. The molecule has 32 heavy (non-hydrogen) atoms. The van der Waals surface area contributed by atoms with Crippen LogP contribution in [-0.4, -0.2) is 65.3 Å². The Morgan fingerprint density at radius 1 is 1.47 bits per heavy atom. The Hall–Kier alpha value is -2.17. The highest BCUT2D eigenvalue weighted by Gasteiger charge is 2.40. The SMILES string of the molecule is CC(C)NS(=O)(=O)N1CC[C@@](N)(CNc2nonc2C(=Nc2ccc(F)c(Br)c2)NO)C1. The van der Waals surface area contributed by atoms with Crippen molar-refractivity contribution < 1.29 is 22.6 Å². The first-order valence-corrected chi connectivity index (χ1v) is 11.8. The van der Waals surface area contributed by atoms with Crippen LogP contribution < -0.4 is 21.3 Å². The highest BCUT2D eigenvalue weighted by molar-refractivity contribution is 9.10. The smallest absolute Gasteiger partial charge is 0.279 e. The van der Waals surface area contributed by atoms with Crippen LogP contribution >= 0.6 is 15.9 Å². The summed E-state index contributed by atoms with van der Waals surface area (Å²) in [7, 11) is -3.63. The summed E-state index contributed by atoms with van der Waals surface area (Å²) in [5, 5.41) is 20.0. The number of nitrogens with two attached hydrogens (primary N) is 1. The van der Waals surface area contributed by atoms with Gasteiger partial charge in [-0.25, -0.2) is 14.0 Å². The van der Waals surface area contributed by atoms with Crippen LogP contribution in [-0.2, 0) is 10.2 Å². The fourth-order valence-corrected chi connectivity index (χ4v) is 4.98. The van der Waals surface area contributed by atoms with Gasteiger partial charge in [-0.1, -0.05) is 0 Å². The third-order valence-electron chi connectivity index (χ3n) is 4.65. The largest absolute Gasteiger partial charge is 0.363 e. The lowest BCUT2D eigenvalue weighted by Gasteiger charge is -2.25. The Bertz CT molecular complexity index is 1100. The van der Waals surface area contributed by atoms with Gasteiger partial charge in [0.05, 0.1) is 10.2 Å². The number of amidine groups is 1. The van der Waals surface area contributed by atoms with E-state index in [1.54, 1.807) is 13.8 Å². The second-order valence-electron chi connectivity index (χ2n) is 7.71. The first-order valence-electron chi connectivity index (χ1n) is 9.60. The molecule has 176 valence electrons. The lowest BCUT2D eigenvalue weighted by Crippen LogP contribution is -2.51. The highest BCUT2D eigenvalue weighted by Crippen LogP contribution is 2.25. The van der Waals surface area contributed by atoms with Gasteiger partial charge in [0.2, 0.25) is 5.82 Å². The van der Waals surface area contributed by atoms with Crippen LogP contribution in [0.25, 0.3) is 0 Å². The minimum Gasteiger partial charge on any atom is -0.363 e. The van der Waals surface area contributed by atoms with Crippen molar-refractivity contribution in [2.45, 2.75) is 31.8 Å². The third kappa shape index (κ3) is 5.79. The summed E-state index contributed by atoms with van der Waals surface area (Å²) in [5.74, 6) is -0.426. The standard InChI is InChI=1S/C17H24BrFN8O4S/c1-10(2)26-32(29,30)27-6-5-17(20,9-27)8-21-15-14(24-31-25-15)16(23-28)22-11-3-4-13(19)12(18)7-11/h3-4,7,10,26,28H,5-6,8-9,20H2,1-2H3,(H,21,25)(H,22,23)/t17-/m1/s1. The molecule has 0 saturated carbocycles. The predicted octanol–water partition coefficient (Wildman–Crippen LogP) is 1.09. The molecule has 1 aromatic heterocycles. The number of nitrogens with one attached hydrogen (secondary N) is 3. The second-order valence-corrected chi connectivity index (χ2v) is 10.3. The summed E-state index contributed by atoms with van der Waals surface area (Å²) in [4.78, 5) is 4.18. The van der Waals surface area contributed by atoms with Crippen molar-refractivity contribution in [1.82, 2.24) is 24.8 Å². The lowest BCUT2D eigenvalue weighted by molar-refractivity contribution is 0.234. The number of aliphatic imine (C=N–C) groups is 1. The van der Waals surface area contributed by atoms with Crippen LogP contribution in [0.1, 0.15) is 26.0 Å². The summed E-state index contributed by atoms with van der Waals surface area (Å²) >= 11 is 3.07. The van der Waals surface area contributed by atoms with E-state index in [2.05, 4.69) is 41.3 Å². The van der Waals surface area contributed by atoms with Gasteiger partial charge in [-0.2, -0.15) is 17.4 Å². The number of halogens is 2. The third-order valence-corrected chi connectivity index (χ3v) is 7.01. The molecule has 6 N–H and O–H groups in total. The Labute approximate surface area is 192 Å². The summed E-state index contributed by atoms with van der Waals surface area (Å²) in [6.45, 7) is 4.01.